The van der Waals surface area contributed by atoms with E-state index in [1.807, 2.05) is 13.8 Å². The van der Waals surface area contributed by atoms with Gasteiger partial charge in [-0.3, -0.25) is 4.79 Å². The lowest BCUT2D eigenvalue weighted by Gasteiger charge is -2.16. The van der Waals surface area contributed by atoms with Crippen molar-refractivity contribution in [3.8, 4) is 0 Å². The third kappa shape index (κ3) is 5.38. The van der Waals surface area contributed by atoms with Gasteiger partial charge in [0.05, 0.1) is 10.6 Å². The molecule has 1 atom stereocenters. The number of carbonyl (C=O) groups excluding carboxylic acids is 1. The Balaban J connectivity index is 2.65. The first-order valence-corrected chi connectivity index (χ1v) is 8.78. The summed E-state index contributed by atoms with van der Waals surface area (Å²) in [4.78, 5) is 12.2. The molecule has 0 bridgehead atoms. The van der Waals surface area contributed by atoms with Crippen LogP contribution in [0.2, 0.25) is 0 Å². The van der Waals surface area contributed by atoms with Crippen molar-refractivity contribution in [3.63, 3.8) is 0 Å². The minimum Gasteiger partial charge on any atom is -0.374 e. The average Bonchev–Trinajstić information content (AvgIpc) is 2.45. The van der Waals surface area contributed by atoms with Gasteiger partial charge in [0.15, 0.2) is 9.84 Å². The van der Waals surface area contributed by atoms with Crippen LogP contribution in [0.4, 0.5) is 5.69 Å². The molecule has 1 unspecified atom stereocenters. The van der Waals surface area contributed by atoms with Crippen molar-refractivity contribution in [2.75, 3.05) is 17.6 Å². The maximum absolute atomic E-state index is 11.9. The highest BCUT2D eigenvalue weighted by atomic mass is 32.2. The second-order valence-electron chi connectivity index (χ2n) is 5.43. The van der Waals surface area contributed by atoms with E-state index in [-0.39, 0.29) is 17.7 Å². The Labute approximate surface area is 127 Å². The molecule has 118 valence electrons. The van der Waals surface area contributed by atoms with Gasteiger partial charge < -0.3 is 10.6 Å². The van der Waals surface area contributed by atoms with Crippen molar-refractivity contribution >= 4 is 21.4 Å². The van der Waals surface area contributed by atoms with Crippen LogP contribution in [0.25, 0.3) is 0 Å². The summed E-state index contributed by atoms with van der Waals surface area (Å²) in [6.45, 7) is 8.09. The highest BCUT2D eigenvalue weighted by Gasteiger charge is 2.14. The number of sulfone groups is 1. The van der Waals surface area contributed by atoms with Crippen LogP contribution in [0.15, 0.2) is 29.2 Å². The standard InChI is InChI=1S/C15H24N2O3S/c1-5-21(19,20)14-8-6-13(7-9-14)17-12(4)15(18)16-10-11(2)3/h6-9,11-12,17H,5,10H2,1-4H3,(H,16,18). The number of hydrogen-bond donors (Lipinski definition) is 2. The van der Waals surface area contributed by atoms with E-state index in [0.717, 1.165) is 5.69 Å². The van der Waals surface area contributed by atoms with E-state index in [9.17, 15) is 13.2 Å². The Morgan fingerprint density at radius 2 is 1.71 bits per heavy atom. The summed E-state index contributed by atoms with van der Waals surface area (Å²) in [5.74, 6) is 0.405. The number of carbonyl (C=O) groups is 1. The van der Waals surface area contributed by atoms with Crippen molar-refractivity contribution in [1.29, 1.82) is 0 Å². The van der Waals surface area contributed by atoms with Gasteiger partial charge in [-0.25, -0.2) is 8.42 Å². The van der Waals surface area contributed by atoms with Gasteiger partial charge in [-0.2, -0.15) is 0 Å². The van der Waals surface area contributed by atoms with Gasteiger partial charge in [0.25, 0.3) is 0 Å². The topological polar surface area (TPSA) is 75.3 Å². The number of amides is 1. The zero-order chi connectivity index (χ0) is 16.0. The maximum Gasteiger partial charge on any atom is 0.242 e. The monoisotopic (exact) mass is 312 g/mol. The Hall–Kier alpha value is -1.56. The normalized spacial score (nSPS) is 13.0. The van der Waals surface area contributed by atoms with Gasteiger partial charge in [-0.1, -0.05) is 20.8 Å². The van der Waals surface area contributed by atoms with Crippen LogP contribution in [0.5, 0.6) is 0 Å². The van der Waals surface area contributed by atoms with Gasteiger partial charge in [0, 0.05) is 12.2 Å². The van der Waals surface area contributed by atoms with E-state index in [4.69, 9.17) is 0 Å². The summed E-state index contributed by atoms with van der Waals surface area (Å²) in [6, 6.07) is 6.08. The Bertz CT molecular complexity index is 565. The quantitative estimate of drug-likeness (QED) is 0.808. The molecule has 0 aliphatic rings. The Morgan fingerprint density at radius 1 is 1.14 bits per heavy atom. The largest absolute Gasteiger partial charge is 0.374 e. The molecule has 0 spiro atoms. The minimum atomic E-state index is -3.18. The molecule has 0 saturated carbocycles. The van der Waals surface area contributed by atoms with Crippen LogP contribution in [0.1, 0.15) is 27.7 Å². The summed E-state index contributed by atoms with van der Waals surface area (Å²) >= 11 is 0. The Kier molecular flexibility index (Phi) is 6.20. The number of anilines is 1. The molecule has 0 heterocycles. The van der Waals surface area contributed by atoms with Gasteiger partial charge in [-0.15, -0.1) is 0 Å². The second kappa shape index (κ2) is 7.45. The van der Waals surface area contributed by atoms with Crippen molar-refractivity contribution in [2.45, 2.75) is 38.6 Å². The van der Waals surface area contributed by atoms with Crippen LogP contribution in [-0.4, -0.2) is 32.7 Å². The third-order valence-corrected chi connectivity index (χ3v) is 4.80. The number of benzene rings is 1. The molecule has 0 aromatic heterocycles. The molecule has 1 rings (SSSR count). The van der Waals surface area contributed by atoms with Gasteiger partial charge in [0.2, 0.25) is 5.91 Å². The molecule has 0 aliphatic carbocycles. The first-order chi connectivity index (χ1) is 9.76. The van der Waals surface area contributed by atoms with E-state index in [2.05, 4.69) is 10.6 Å². The molecule has 6 heteroatoms. The highest BCUT2D eigenvalue weighted by molar-refractivity contribution is 7.91. The molecule has 0 aliphatic heterocycles. The van der Waals surface area contributed by atoms with Crippen molar-refractivity contribution in [3.05, 3.63) is 24.3 Å². The maximum atomic E-state index is 11.9. The van der Waals surface area contributed by atoms with E-state index in [1.165, 1.54) is 0 Å². The number of rotatable bonds is 7. The molecule has 0 radical (unpaired) electrons. The predicted octanol–water partition coefficient (Wildman–Crippen LogP) is 2.05. The van der Waals surface area contributed by atoms with Crippen LogP contribution >= 0.6 is 0 Å². The van der Waals surface area contributed by atoms with Crippen LogP contribution in [0, 0.1) is 5.92 Å². The lowest BCUT2D eigenvalue weighted by Crippen LogP contribution is -2.39. The fourth-order valence-corrected chi connectivity index (χ4v) is 2.58. The summed E-state index contributed by atoms with van der Waals surface area (Å²) in [5.41, 5.74) is 0.720. The van der Waals surface area contributed by atoms with Crippen molar-refractivity contribution in [1.82, 2.24) is 5.32 Å². The Morgan fingerprint density at radius 3 is 2.19 bits per heavy atom. The SMILES string of the molecule is CCS(=O)(=O)c1ccc(NC(C)C(=O)NCC(C)C)cc1. The van der Waals surface area contributed by atoms with E-state index < -0.39 is 9.84 Å². The van der Waals surface area contributed by atoms with Gasteiger partial charge in [-0.05, 0) is 37.1 Å². The van der Waals surface area contributed by atoms with E-state index in [0.29, 0.717) is 17.4 Å². The summed E-state index contributed by atoms with van der Waals surface area (Å²) in [7, 11) is -3.18. The van der Waals surface area contributed by atoms with Crippen LogP contribution < -0.4 is 10.6 Å². The predicted molar refractivity (Wildman–Crippen MR) is 85.1 cm³/mol. The number of hydrogen-bond acceptors (Lipinski definition) is 4. The molecule has 1 amide bonds. The molecule has 2 N–H and O–H groups in total. The number of nitrogens with one attached hydrogen (secondary N) is 2. The smallest absolute Gasteiger partial charge is 0.242 e. The van der Waals surface area contributed by atoms with E-state index in [1.54, 1.807) is 38.1 Å². The molecule has 1 aromatic rings. The molecular formula is C15H24N2O3S. The van der Waals surface area contributed by atoms with Crippen LogP contribution in [0.3, 0.4) is 0 Å². The van der Waals surface area contributed by atoms with Crippen LogP contribution in [-0.2, 0) is 14.6 Å². The van der Waals surface area contributed by atoms with E-state index >= 15 is 0 Å². The molecule has 1 aromatic carbocycles. The summed E-state index contributed by atoms with van der Waals surface area (Å²) in [6.07, 6.45) is 0. The highest BCUT2D eigenvalue weighted by Crippen LogP contribution is 2.16. The first kappa shape index (κ1) is 17.5. The van der Waals surface area contributed by atoms with Crippen molar-refractivity contribution < 1.29 is 13.2 Å². The van der Waals surface area contributed by atoms with Gasteiger partial charge >= 0.3 is 0 Å². The minimum absolute atomic E-state index is 0.0750. The van der Waals surface area contributed by atoms with Gasteiger partial charge in [0.1, 0.15) is 6.04 Å². The average molecular weight is 312 g/mol. The first-order valence-electron chi connectivity index (χ1n) is 7.13. The molecular weight excluding hydrogens is 288 g/mol. The molecule has 5 nitrogen and oxygen atoms in total. The molecule has 21 heavy (non-hydrogen) atoms. The zero-order valence-corrected chi connectivity index (χ0v) is 13.8. The lowest BCUT2D eigenvalue weighted by molar-refractivity contribution is -0.121. The fourth-order valence-electron chi connectivity index (χ4n) is 1.70. The summed E-state index contributed by atoms with van der Waals surface area (Å²) in [5, 5.41) is 5.90. The summed E-state index contributed by atoms with van der Waals surface area (Å²) < 4.78 is 23.4. The molecule has 0 saturated heterocycles. The molecule has 0 fully saturated rings. The second-order valence-corrected chi connectivity index (χ2v) is 7.71. The zero-order valence-electron chi connectivity index (χ0n) is 13.0. The third-order valence-electron chi connectivity index (χ3n) is 3.05. The fraction of sp³-hybridized carbons (Fsp3) is 0.533. The van der Waals surface area contributed by atoms with Crippen molar-refractivity contribution in [2.24, 2.45) is 5.92 Å². The lowest BCUT2D eigenvalue weighted by atomic mass is 10.2.